The predicted octanol–water partition coefficient (Wildman–Crippen LogP) is -0.492. The fraction of sp³-hybridized carbons (Fsp3) is 0.667. The molecular formula is C3H9OSi. The topological polar surface area (TPSA) is 9.23 Å². The van der Waals surface area contributed by atoms with Crippen LogP contribution in [0.1, 0.15) is 6.92 Å². The third-order valence-electron chi connectivity index (χ3n) is 0.333. The molecule has 0 atom stereocenters. The summed E-state index contributed by atoms with van der Waals surface area (Å²) in [4.78, 5) is 0. The summed E-state index contributed by atoms with van der Waals surface area (Å²) in [6.45, 7) is 2.80. The minimum absolute atomic E-state index is 0.823. The Hall–Kier alpha value is 0.177. The standard InChI is InChI=1S/C3H9OSi/c1-2-4-3-5/h3H,2H2,1,5H3. The first kappa shape index (κ1) is 5.18. The second-order valence-corrected chi connectivity index (χ2v) is 1.16. The van der Waals surface area contributed by atoms with Crippen molar-refractivity contribution in [3.63, 3.8) is 0 Å². The molecule has 0 rings (SSSR count). The van der Waals surface area contributed by atoms with E-state index in [1.165, 1.54) is 0 Å². The second kappa shape index (κ2) is 4.18. The molecule has 0 saturated carbocycles. The van der Waals surface area contributed by atoms with Gasteiger partial charge in [-0.1, -0.05) is 0 Å². The summed E-state index contributed by atoms with van der Waals surface area (Å²) >= 11 is 0. The van der Waals surface area contributed by atoms with E-state index in [0.717, 1.165) is 16.8 Å². The molecule has 0 aliphatic carbocycles. The molecule has 2 heteroatoms. The first-order valence-corrected chi connectivity index (χ1v) is 2.96. The van der Waals surface area contributed by atoms with Gasteiger partial charge in [-0.05, 0) is 6.92 Å². The number of rotatable bonds is 2. The van der Waals surface area contributed by atoms with Crippen molar-refractivity contribution in [2.75, 3.05) is 6.61 Å². The molecule has 0 fully saturated rings. The molecule has 1 radical (unpaired) electrons. The normalized spacial score (nSPS) is 9.00. The van der Waals surface area contributed by atoms with Crippen molar-refractivity contribution in [2.45, 2.75) is 6.92 Å². The van der Waals surface area contributed by atoms with Crippen LogP contribution in [0.4, 0.5) is 0 Å². The van der Waals surface area contributed by atoms with E-state index in [9.17, 15) is 0 Å². The van der Waals surface area contributed by atoms with Gasteiger partial charge in [-0.15, -0.1) is 0 Å². The molecule has 0 unspecified atom stereocenters. The number of hydrogen-bond donors (Lipinski definition) is 0. The zero-order chi connectivity index (χ0) is 4.12. The van der Waals surface area contributed by atoms with Gasteiger partial charge >= 0.3 is 0 Å². The Morgan fingerprint density at radius 1 is 2.00 bits per heavy atom. The Bertz CT molecular complexity index is 14.4. The van der Waals surface area contributed by atoms with Crippen LogP contribution in [0.15, 0.2) is 0 Å². The fourth-order valence-corrected chi connectivity index (χ4v) is 0.500. The lowest BCUT2D eigenvalue weighted by Crippen LogP contribution is -1.81. The van der Waals surface area contributed by atoms with Gasteiger partial charge in [-0.3, -0.25) is 0 Å². The summed E-state index contributed by atoms with van der Waals surface area (Å²) < 4.78 is 4.77. The van der Waals surface area contributed by atoms with Crippen LogP contribution in [0.25, 0.3) is 0 Å². The Kier molecular flexibility index (Phi) is 4.32. The van der Waals surface area contributed by atoms with Crippen LogP contribution in [-0.2, 0) is 4.74 Å². The molecule has 0 N–H and O–H groups in total. The van der Waals surface area contributed by atoms with Crippen molar-refractivity contribution in [1.82, 2.24) is 0 Å². The lowest BCUT2D eigenvalue weighted by Gasteiger charge is -1.85. The Morgan fingerprint density at radius 3 is 2.60 bits per heavy atom. The zero-order valence-electron chi connectivity index (χ0n) is 3.69. The minimum atomic E-state index is 0.823. The molecule has 0 aromatic rings. The third-order valence-corrected chi connectivity index (χ3v) is 0.667. The maximum atomic E-state index is 4.77. The molecule has 0 saturated heterocycles. The van der Waals surface area contributed by atoms with Gasteiger partial charge in [0.2, 0.25) is 0 Å². The highest BCUT2D eigenvalue weighted by atomic mass is 28.1. The average molecular weight is 89.2 g/mol. The van der Waals surface area contributed by atoms with Crippen LogP contribution in [0.3, 0.4) is 0 Å². The van der Waals surface area contributed by atoms with E-state index in [0.29, 0.717) is 0 Å². The summed E-state index contributed by atoms with van der Waals surface area (Å²) in [7, 11) is 1.05. The van der Waals surface area contributed by atoms with Crippen molar-refractivity contribution >= 4 is 10.2 Å². The lowest BCUT2D eigenvalue weighted by molar-refractivity contribution is 0.246. The smallest absolute Gasteiger partial charge is 0.0600 e. The van der Waals surface area contributed by atoms with Gasteiger partial charge in [0.15, 0.2) is 0 Å². The minimum Gasteiger partial charge on any atom is -0.381 e. The van der Waals surface area contributed by atoms with Gasteiger partial charge in [0.1, 0.15) is 0 Å². The fourth-order valence-electron chi connectivity index (χ4n) is 0.167. The Morgan fingerprint density at radius 2 is 2.60 bits per heavy atom. The highest BCUT2D eigenvalue weighted by Crippen LogP contribution is 1.67. The van der Waals surface area contributed by atoms with Crippen LogP contribution in [0.5, 0.6) is 0 Å². The van der Waals surface area contributed by atoms with E-state index in [2.05, 4.69) is 0 Å². The van der Waals surface area contributed by atoms with Crippen molar-refractivity contribution in [2.24, 2.45) is 0 Å². The quantitative estimate of drug-likeness (QED) is 0.415. The molecular weight excluding hydrogens is 80.1 g/mol. The summed E-state index contributed by atoms with van der Waals surface area (Å²) in [6, 6.07) is 0. The van der Waals surface area contributed by atoms with Gasteiger partial charge in [-0.2, -0.15) is 0 Å². The van der Waals surface area contributed by atoms with Gasteiger partial charge in [0, 0.05) is 16.8 Å². The molecule has 0 aliphatic rings. The second-order valence-electron chi connectivity index (χ2n) is 0.691. The molecule has 0 aromatic heterocycles. The molecule has 5 heavy (non-hydrogen) atoms. The van der Waals surface area contributed by atoms with E-state index < -0.39 is 0 Å². The van der Waals surface area contributed by atoms with Crippen molar-refractivity contribution in [3.8, 4) is 0 Å². The van der Waals surface area contributed by atoms with Crippen molar-refractivity contribution in [3.05, 3.63) is 6.23 Å². The van der Waals surface area contributed by atoms with Gasteiger partial charge in [0.05, 0.1) is 6.23 Å². The number of ether oxygens (including phenoxy) is 1. The molecule has 0 aliphatic heterocycles. The maximum Gasteiger partial charge on any atom is 0.0600 e. The molecule has 0 heterocycles. The van der Waals surface area contributed by atoms with E-state index in [-0.39, 0.29) is 0 Å². The first-order valence-electron chi connectivity index (χ1n) is 1.81. The Labute approximate surface area is 35.8 Å². The highest BCUT2D eigenvalue weighted by Gasteiger charge is 1.65. The van der Waals surface area contributed by atoms with E-state index in [4.69, 9.17) is 4.74 Å². The summed E-state index contributed by atoms with van der Waals surface area (Å²) in [5, 5.41) is 0. The molecule has 0 bridgehead atoms. The molecule has 0 amide bonds. The van der Waals surface area contributed by atoms with Crippen LogP contribution in [-0.4, -0.2) is 16.8 Å². The summed E-state index contributed by atoms with van der Waals surface area (Å²) in [5.74, 6) is 0. The van der Waals surface area contributed by atoms with Crippen LogP contribution >= 0.6 is 0 Å². The van der Waals surface area contributed by atoms with Crippen molar-refractivity contribution < 1.29 is 4.74 Å². The largest absolute Gasteiger partial charge is 0.381 e. The molecule has 1 nitrogen and oxygen atoms in total. The van der Waals surface area contributed by atoms with Crippen LogP contribution in [0, 0.1) is 6.23 Å². The predicted molar refractivity (Wildman–Crippen MR) is 25.9 cm³/mol. The number of hydrogen-bond acceptors (Lipinski definition) is 1. The van der Waals surface area contributed by atoms with Crippen LogP contribution < -0.4 is 0 Å². The first-order chi connectivity index (χ1) is 2.41. The summed E-state index contributed by atoms with van der Waals surface area (Å²) in [5.41, 5.74) is 0. The average Bonchev–Trinajstić information content (AvgIpc) is 1.41. The van der Waals surface area contributed by atoms with Gasteiger partial charge in [-0.25, -0.2) is 0 Å². The lowest BCUT2D eigenvalue weighted by atomic mass is 10.9. The third kappa shape index (κ3) is 4.18. The Balaban J connectivity index is 2.19. The SMILES string of the molecule is CCO[CH][SiH3]. The van der Waals surface area contributed by atoms with E-state index >= 15 is 0 Å². The van der Waals surface area contributed by atoms with E-state index in [1.54, 1.807) is 0 Å². The molecule has 0 spiro atoms. The molecule has 0 aromatic carbocycles. The monoisotopic (exact) mass is 89.0 g/mol. The summed E-state index contributed by atoms with van der Waals surface area (Å²) in [6.07, 6.45) is 1.82. The van der Waals surface area contributed by atoms with Crippen LogP contribution in [0.2, 0.25) is 0 Å². The highest BCUT2D eigenvalue weighted by molar-refractivity contribution is 6.13. The maximum absolute atomic E-state index is 4.77. The van der Waals surface area contributed by atoms with Crippen molar-refractivity contribution in [1.29, 1.82) is 0 Å². The molecule has 31 valence electrons. The van der Waals surface area contributed by atoms with Gasteiger partial charge < -0.3 is 4.74 Å². The van der Waals surface area contributed by atoms with Gasteiger partial charge in [0.25, 0.3) is 0 Å². The van der Waals surface area contributed by atoms with E-state index in [1.807, 2.05) is 13.2 Å². The zero-order valence-corrected chi connectivity index (χ0v) is 5.69.